The van der Waals surface area contributed by atoms with Crippen LogP contribution in [0.25, 0.3) is 0 Å². The van der Waals surface area contributed by atoms with E-state index in [0.717, 1.165) is 18.2 Å². The summed E-state index contributed by atoms with van der Waals surface area (Å²) in [6.45, 7) is 1.45. The normalized spacial score (nSPS) is 8.85. The zero-order chi connectivity index (χ0) is 9.84. The number of ketones is 1. The summed E-state index contributed by atoms with van der Waals surface area (Å²) in [5.41, 5.74) is -0.325. The van der Waals surface area contributed by atoms with Gasteiger partial charge in [-0.25, -0.2) is 8.78 Å². The van der Waals surface area contributed by atoms with Crippen molar-refractivity contribution in [3.63, 3.8) is 0 Å². The fourth-order valence-corrected chi connectivity index (χ4v) is 0.852. The highest BCUT2D eigenvalue weighted by atomic mass is 19.1. The van der Waals surface area contributed by atoms with Gasteiger partial charge < -0.3 is 0 Å². The number of halogens is 2. The Morgan fingerprint density at radius 2 is 2.08 bits per heavy atom. The Labute approximate surface area is 74.4 Å². The molecule has 1 aromatic rings. The predicted molar refractivity (Wildman–Crippen MR) is 44.1 cm³/mol. The van der Waals surface area contributed by atoms with E-state index in [-0.39, 0.29) is 5.56 Å². The van der Waals surface area contributed by atoms with E-state index in [1.165, 1.54) is 6.92 Å². The Morgan fingerprint density at radius 3 is 2.69 bits per heavy atom. The molecular formula is C10H6F2O. The number of hydrogen-bond acceptors (Lipinski definition) is 1. The molecule has 1 rings (SSSR count). The van der Waals surface area contributed by atoms with Gasteiger partial charge in [-0.05, 0) is 31.0 Å². The highest BCUT2D eigenvalue weighted by molar-refractivity contribution is 6.09. The highest BCUT2D eigenvalue weighted by Gasteiger charge is 2.09. The van der Waals surface area contributed by atoms with E-state index >= 15 is 0 Å². The average Bonchev–Trinajstić information content (AvgIpc) is 2.09. The second kappa shape index (κ2) is 3.81. The largest absolute Gasteiger partial charge is 0.279 e. The minimum Gasteiger partial charge on any atom is -0.279 e. The van der Waals surface area contributed by atoms with Crippen molar-refractivity contribution in [1.82, 2.24) is 0 Å². The van der Waals surface area contributed by atoms with Gasteiger partial charge in [0.25, 0.3) is 0 Å². The molecular weight excluding hydrogens is 174 g/mol. The third kappa shape index (κ3) is 2.12. The summed E-state index contributed by atoms with van der Waals surface area (Å²) >= 11 is 0. The van der Waals surface area contributed by atoms with E-state index in [9.17, 15) is 13.6 Å². The lowest BCUT2D eigenvalue weighted by atomic mass is 10.1. The van der Waals surface area contributed by atoms with Crippen molar-refractivity contribution in [1.29, 1.82) is 0 Å². The van der Waals surface area contributed by atoms with Gasteiger partial charge in [0.2, 0.25) is 5.78 Å². The summed E-state index contributed by atoms with van der Waals surface area (Å²) < 4.78 is 25.5. The van der Waals surface area contributed by atoms with Gasteiger partial charge in [-0.1, -0.05) is 5.92 Å². The topological polar surface area (TPSA) is 17.1 Å². The van der Waals surface area contributed by atoms with Gasteiger partial charge in [0.15, 0.2) is 0 Å². The number of carbonyl (C=O) groups is 1. The minimum absolute atomic E-state index is 0.325. The van der Waals surface area contributed by atoms with Crippen LogP contribution in [0, 0.1) is 23.5 Å². The molecule has 0 spiro atoms. The van der Waals surface area contributed by atoms with Crippen molar-refractivity contribution in [3.05, 3.63) is 35.4 Å². The van der Waals surface area contributed by atoms with E-state index in [1.54, 1.807) is 0 Å². The number of benzene rings is 1. The first-order valence-electron chi connectivity index (χ1n) is 3.57. The van der Waals surface area contributed by atoms with Gasteiger partial charge in [0.05, 0.1) is 5.56 Å². The fourth-order valence-electron chi connectivity index (χ4n) is 0.852. The van der Waals surface area contributed by atoms with Gasteiger partial charge in [-0.2, -0.15) is 0 Å². The van der Waals surface area contributed by atoms with Gasteiger partial charge in [-0.15, -0.1) is 0 Å². The van der Waals surface area contributed by atoms with Crippen LogP contribution in [0.1, 0.15) is 17.3 Å². The number of hydrogen-bond donors (Lipinski definition) is 0. The van der Waals surface area contributed by atoms with Crippen LogP contribution < -0.4 is 0 Å². The molecule has 0 aromatic heterocycles. The molecule has 0 heterocycles. The van der Waals surface area contributed by atoms with Crippen molar-refractivity contribution >= 4 is 5.78 Å². The molecule has 0 N–H and O–H groups in total. The molecule has 0 amide bonds. The maximum absolute atomic E-state index is 12.9. The van der Waals surface area contributed by atoms with E-state index < -0.39 is 17.4 Å². The van der Waals surface area contributed by atoms with Crippen molar-refractivity contribution in [2.24, 2.45) is 0 Å². The third-order valence-corrected chi connectivity index (χ3v) is 1.41. The fraction of sp³-hybridized carbons (Fsp3) is 0.100. The van der Waals surface area contributed by atoms with Gasteiger partial charge in [0.1, 0.15) is 11.6 Å². The van der Waals surface area contributed by atoms with Gasteiger partial charge in [0, 0.05) is 0 Å². The monoisotopic (exact) mass is 180 g/mol. The Bertz CT molecular complexity index is 399. The summed E-state index contributed by atoms with van der Waals surface area (Å²) in [5, 5.41) is 0. The molecule has 0 atom stereocenters. The molecule has 3 heteroatoms. The van der Waals surface area contributed by atoms with E-state index in [1.807, 2.05) is 0 Å². The molecule has 0 aliphatic heterocycles. The van der Waals surface area contributed by atoms with Crippen LogP contribution in [0.2, 0.25) is 0 Å². The molecule has 0 bridgehead atoms. The standard InChI is InChI=1S/C10H6F2O/c1-2-3-10(13)8-6-7(11)4-5-9(8)12/h4-6H,1H3. The van der Waals surface area contributed by atoms with Crippen LogP contribution in [0.15, 0.2) is 18.2 Å². The van der Waals surface area contributed by atoms with Crippen molar-refractivity contribution < 1.29 is 13.6 Å². The Morgan fingerprint density at radius 1 is 1.38 bits per heavy atom. The smallest absolute Gasteiger partial charge is 0.238 e. The zero-order valence-electron chi connectivity index (χ0n) is 6.90. The van der Waals surface area contributed by atoms with Crippen molar-refractivity contribution in [3.8, 4) is 11.8 Å². The van der Waals surface area contributed by atoms with Crippen LogP contribution in [-0.4, -0.2) is 5.78 Å². The summed E-state index contributed by atoms with van der Waals surface area (Å²) in [4.78, 5) is 11.0. The molecule has 0 radical (unpaired) electrons. The minimum atomic E-state index is -0.755. The molecule has 0 saturated heterocycles. The van der Waals surface area contributed by atoms with Crippen LogP contribution in [0.5, 0.6) is 0 Å². The van der Waals surface area contributed by atoms with Crippen LogP contribution in [-0.2, 0) is 0 Å². The summed E-state index contributed by atoms with van der Waals surface area (Å²) in [7, 11) is 0. The molecule has 0 aliphatic rings. The van der Waals surface area contributed by atoms with Crippen LogP contribution in [0.4, 0.5) is 8.78 Å². The first-order chi connectivity index (χ1) is 6.15. The van der Waals surface area contributed by atoms with Crippen LogP contribution >= 0.6 is 0 Å². The first kappa shape index (κ1) is 9.40. The average molecular weight is 180 g/mol. The quantitative estimate of drug-likeness (QED) is 0.367. The first-order valence-corrected chi connectivity index (χ1v) is 3.57. The van der Waals surface area contributed by atoms with Crippen molar-refractivity contribution in [2.45, 2.75) is 6.92 Å². The second-order valence-corrected chi connectivity index (χ2v) is 2.33. The lowest BCUT2D eigenvalue weighted by Crippen LogP contribution is -1.99. The molecule has 13 heavy (non-hydrogen) atoms. The highest BCUT2D eigenvalue weighted by Crippen LogP contribution is 2.09. The molecule has 0 unspecified atom stereocenters. The summed E-state index contributed by atoms with van der Waals surface area (Å²) in [5.74, 6) is 2.34. The Kier molecular flexibility index (Phi) is 2.76. The number of carbonyl (C=O) groups excluding carboxylic acids is 1. The third-order valence-electron chi connectivity index (χ3n) is 1.41. The summed E-state index contributed by atoms with van der Waals surface area (Å²) in [6.07, 6.45) is 0. The zero-order valence-corrected chi connectivity index (χ0v) is 6.90. The molecule has 0 aliphatic carbocycles. The van der Waals surface area contributed by atoms with Crippen LogP contribution in [0.3, 0.4) is 0 Å². The molecule has 1 aromatic carbocycles. The summed E-state index contributed by atoms with van der Waals surface area (Å²) in [6, 6.07) is 2.69. The SMILES string of the molecule is CC#CC(=O)c1cc(F)ccc1F. The van der Waals surface area contributed by atoms with E-state index in [0.29, 0.717) is 0 Å². The van der Waals surface area contributed by atoms with Gasteiger partial charge >= 0.3 is 0 Å². The number of Topliss-reactive ketones (excluding diaryl/α,β-unsaturated/α-hetero) is 1. The molecule has 66 valence electrons. The van der Waals surface area contributed by atoms with Crippen molar-refractivity contribution in [2.75, 3.05) is 0 Å². The maximum Gasteiger partial charge on any atom is 0.238 e. The number of rotatable bonds is 1. The van der Waals surface area contributed by atoms with E-state index in [4.69, 9.17) is 0 Å². The van der Waals surface area contributed by atoms with Gasteiger partial charge in [-0.3, -0.25) is 4.79 Å². The molecule has 0 fully saturated rings. The second-order valence-electron chi connectivity index (χ2n) is 2.33. The predicted octanol–water partition coefficient (Wildman–Crippen LogP) is 2.17. The Hall–Kier alpha value is -1.69. The maximum atomic E-state index is 12.9. The molecule has 1 nitrogen and oxygen atoms in total. The Balaban J connectivity index is 3.18. The van der Waals surface area contributed by atoms with E-state index in [2.05, 4.69) is 11.8 Å². The molecule has 0 saturated carbocycles. The lowest BCUT2D eigenvalue weighted by molar-refractivity contribution is 0.105. The lowest BCUT2D eigenvalue weighted by Gasteiger charge is -1.96.